The molecule has 0 aromatic carbocycles. The van der Waals surface area contributed by atoms with Crippen LogP contribution in [0.4, 0.5) is 5.69 Å². The summed E-state index contributed by atoms with van der Waals surface area (Å²) >= 11 is 1.69. The Hall–Kier alpha value is -0.950. The number of ether oxygens (including phenoxy) is 1. The summed E-state index contributed by atoms with van der Waals surface area (Å²) < 4.78 is 5.31. The minimum Gasteiger partial charge on any atom is -0.398 e. The van der Waals surface area contributed by atoms with Crippen molar-refractivity contribution in [1.82, 2.24) is 9.80 Å². The first-order valence-corrected chi connectivity index (χ1v) is 9.47. The first-order chi connectivity index (χ1) is 11.2. The number of aldehydes is 1. The van der Waals surface area contributed by atoms with E-state index in [1.807, 2.05) is 5.38 Å². The zero-order valence-electron chi connectivity index (χ0n) is 14.1. The van der Waals surface area contributed by atoms with E-state index in [9.17, 15) is 4.79 Å². The van der Waals surface area contributed by atoms with E-state index in [1.54, 1.807) is 11.3 Å². The average molecular weight is 340 g/mol. The monoisotopic (exact) mass is 339 g/mol. The fourth-order valence-corrected chi connectivity index (χ4v) is 3.99. The molecular weight excluding hydrogens is 310 g/mol. The Morgan fingerprint density at radius 2 is 2.17 bits per heavy atom. The number of rotatable bonds is 10. The van der Waals surface area contributed by atoms with Crippen molar-refractivity contribution in [2.45, 2.75) is 38.6 Å². The molecule has 0 radical (unpaired) electrons. The summed E-state index contributed by atoms with van der Waals surface area (Å²) in [6.45, 7) is 7.34. The van der Waals surface area contributed by atoms with Gasteiger partial charge in [-0.05, 0) is 43.2 Å². The normalized spacial score (nSPS) is 17.0. The first-order valence-electron chi connectivity index (χ1n) is 8.53. The summed E-state index contributed by atoms with van der Waals surface area (Å²) in [6.07, 6.45) is 5.37. The van der Waals surface area contributed by atoms with Crippen molar-refractivity contribution in [2.75, 3.05) is 45.3 Å². The van der Waals surface area contributed by atoms with Gasteiger partial charge in [0.15, 0.2) is 0 Å². The Labute approximate surface area is 143 Å². The molecule has 2 heterocycles. The third-order valence-electron chi connectivity index (χ3n) is 4.49. The molecule has 1 fully saturated rings. The van der Waals surface area contributed by atoms with Crippen molar-refractivity contribution in [3.8, 4) is 0 Å². The van der Waals surface area contributed by atoms with Gasteiger partial charge in [0.2, 0.25) is 0 Å². The molecule has 2 rings (SSSR count). The lowest BCUT2D eigenvalue weighted by Crippen LogP contribution is -2.46. The molecule has 0 aliphatic carbocycles. The number of likely N-dealkylation sites (tertiary alicyclic amines) is 1. The molecule has 130 valence electrons. The molecule has 0 saturated carbocycles. The molecule has 0 unspecified atom stereocenters. The molecule has 1 saturated heterocycles. The van der Waals surface area contributed by atoms with Crippen LogP contribution < -0.4 is 5.73 Å². The number of nitrogen functional groups attached to an aromatic ring is 1. The second kappa shape index (κ2) is 10.0. The van der Waals surface area contributed by atoms with Crippen LogP contribution in [0, 0.1) is 0 Å². The molecule has 1 aromatic rings. The molecule has 23 heavy (non-hydrogen) atoms. The van der Waals surface area contributed by atoms with Crippen LogP contribution in [-0.2, 0) is 16.0 Å². The highest BCUT2D eigenvalue weighted by molar-refractivity contribution is 7.08. The number of carbonyl (C=O) groups excluding carboxylic acids is 1. The van der Waals surface area contributed by atoms with Crippen LogP contribution in [0.15, 0.2) is 10.8 Å². The van der Waals surface area contributed by atoms with Gasteiger partial charge in [-0.15, -0.1) is 11.3 Å². The highest BCUT2D eigenvalue weighted by Crippen LogP contribution is 2.21. The SMILES string of the molecule is CCCN(CCc1cscc1N)C1CCN(COCC=O)CC1. The molecular formula is C17H29N3O2S. The van der Waals surface area contributed by atoms with Crippen LogP contribution in [0.5, 0.6) is 0 Å². The molecule has 5 nitrogen and oxygen atoms in total. The number of carbonyl (C=O) groups is 1. The van der Waals surface area contributed by atoms with Gasteiger partial charge in [-0.25, -0.2) is 0 Å². The van der Waals surface area contributed by atoms with Gasteiger partial charge in [-0.3, -0.25) is 9.80 Å². The zero-order chi connectivity index (χ0) is 16.5. The van der Waals surface area contributed by atoms with Gasteiger partial charge in [0.1, 0.15) is 12.9 Å². The lowest BCUT2D eigenvalue weighted by Gasteiger charge is -2.38. The number of thiophene rings is 1. The topological polar surface area (TPSA) is 58.8 Å². The third-order valence-corrected chi connectivity index (χ3v) is 5.30. The second-order valence-electron chi connectivity index (χ2n) is 6.15. The van der Waals surface area contributed by atoms with Gasteiger partial charge < -0.3 is 15.3 Å². The van der Waals surface area contributed by atoms with Crippen molar-refractivity contribution >= 4 is 23.3 Å². The summed E-state index contributed by atoms with van der Waals surface area (Å²) in [6, 6.07) is 0.650. The van der Waals surface area contributed by atoms with Gasteiger partial charge in [0.05, 0.1) is 6.73 Å². The Morgan fingerprint density at radius 3 is 2.78 bits per heavy atom. The minimum absolute atomic E-state index is 0.198. The molecule has 0 bridgehead atoms. The summed E-state index contributed by atoms with van der Waals surface area (Å²) in [7, 11) is 0. The van der Waals surface area contributed by atoms with E-state index in [1.165, 1.54) is 24.8 Å². The lowest BCUT2D eigenvalue weighted by molar-refractivity contribution is -0.114. The van der Waals surface area contributed by atoms with Gasteiger partial charge in [0, 0.05) is 36.7 Å². The molecule has 0 amide bonds. The van der Waals surface area contributed by atoms with Gasteiger partial charge in [-0.1, -0.05) is 6.92 Å². The molecule has 1 aliphatic heterocycles. The number of piperidine rings is 1. The molecule has 1 aliphatic rings. The number of anilines is 1. The largest absolute Gasteiger partial charge is 0.398 e. The zero-order valence-corrected chi connectivity index (χ0v) is 14.9. The molecule has 2 N–H and O–H groups in total. The molecule has 1 aromatic heterocycles. The van der Waals surface area contributed by atoms with Crippen LogP contribution >= 0.6 is 11.3 Å². The Balaban J connectivity index is 1.77. The average Bonchev–Trinajstić information content (AvgIpc) is 2.98. The predicted molar refractivity (Wildman–Crippen MR) is 95.8 cm³/mol. The van der Waals surface area contributed by atoms with E-state index in [2.05, 4.69) is 22.1 Å². The van der Waals surface area contributed by atoms with E-state index in [-0.39, 0.29) is 6.61 Å². The summed E-state index contributed by atoms with van der Waals surface area (Å²) in [4.78, 5) is 15.2. The van der Waals surface area contributed by atoms with Crippen molar-refractivity contribution in [2.24, 2.45) is 0 Å². The summed E-state index contributed by atoms with van der Waals surface area (Å²) in [5, 5.41) is 4.20. The van der Waals surface area contributed by atoms with E-state index < -0.39 is 0 Å². The van der Waals surface area contributed by atoms with E-state index >= 15 is 0 Å². The van der Waals surface area contributed by atoms with Crippen LogP contribution in [0.1, 0.15) is 31.7 Å². The van der Waals surface area contributed by atoms with Crippen LogP contribution in [0.3, 0.4) is 0 Å². The minimum atomic E-state index is 0.198. The van der Waals surface area contributed by atoms with E-state index in [4.69, 9.17) is 10.5 Å². The smallest absolute Gasteiger partial charge is 0.145 e. The fraction of sp³-hybridized carbons (Fsp3) is 0.706. The van der Waals surface area contributed by atoms with Gasteiger partial charge in [-0.2, -0.15) is 0 Å². The second-order valence-corrected chi connectivity index (χ2v) is 6.90. The highest BCUT2D eigenvalue weighted by atomic mass is 32.1. The number of hydrogen-bond donors (Lipinski definition) is 1. The maximum atomic E-state index is 10.3. The van der Waals surface area contributed by atoms with Gasteiger partial charge >= 0.3 is 0 Å². The van der Waals surface area contributed by atoms with Crippen LogP contribution in [-0.4, -0.2) is 61.6 Å². The quantitative estimate of drug-likeness (QED) is 0.523. The fourth-order valence-electron chi connectivity index (χ4n) is 3.21. The van der Waals surface area contributed by atoms with Crippen molar-refractivity contribution in [3.63, 3.8) is 0 Å². The Morgan fingerprint density at radius 1 is 1.39 bits per heavy atom. The van der Waals surface area contributed by atoms with Gasteiger partial charge in [0.25, 0.3) is 0 Å². The number of nitrogens with zero attached hydrogens (tertiary/aromatic N) is 2. The predicted octanol–water partition coefficient (Wildman–Crippen LogP) is 2.22. The first kappa shape index (κ1) is 18.4. The summed E-state index contributed by atoms with van der Waals surface area (Å²) in [5.41, 5.74) is 8.23. The van der Waals surface area contributed by atoms with E-state index in [0.29, 0.717) is 12.8 Å². The number of nitrogens with two attached hydrogens (primary N) is 1. The summed E-state index contributed by atoms with van der Waals surface area (Å²) in [5.74, 6) is 0. The molecule has 0 spiro atoms. The Kier molecular flexibility index (Phi) is 8.02. The number of hydrogen-bond acceptors (Lipinski definition) is 6. The maximum Gasteiger partial charge on any atom is 0.145 e. The standard InChI is InChI=1S/C17H29N3O2S/c1-2-6-20(9-3-15-12-23-13-17(15)18)16-4-7-19(8-5-16)14-22-11-10-21/h10,12-13,16H,2-9,11,14,18H2,1H3. The van der Waals surface area contributed by atoms with Crippen molar-refractivity contribution in [1.29, 1.82) is 0 Å². The van der Waals surface area contributed by atoms with Crippen LogP contribution in [0.2, 0.25) is 0 Å². The van der Waals surface area contributed by atoms with Crippen LogP contribution in [0.25, 0.3) is 0 Å². The highest BCUT2D eigenvalue weighted by Gasteiger charge is 2.24. The maximum absolute atomic E-state index is 10.3. The van der Waals surface area contributed by atoms with Crippen molar-refractivity contribution < 1.29 is 9.53 Å². The molecule has 0 atom stereocenters. The lowest BCUT2D eigenvalue weighted by atomic mass is 10.0. The van der Waals surface area contributed by atoms with E-state index in [0.717, 1.165) is 44.6 Å². The molecule has 6 heteroatoms. The third kappa shape index (κ3) is 5.88. The van der Waals surface area contributed by atoms with Crippen molar-refractivity contribution in [3.05, 3.63) is 16.3 Å². The Bertz CT molecular complexity index is 458.